The summed E-state index contributed by atoms with van der Waals surface area (Å²) < 4.78 is 11.4. The Morgan fingerprint density at radius 1 is 1.00 bits per heavy atom. The van der Waals surface area contributed by atoms with Gasteiger partial charge >= 0.3 is 0 Å². The molecule has 3 nitrogen and oxygen atoms in total. The fourth-order valence-corrected chi connectivity index (χ4v) is 2.37. The van der Waals surface area contributed by atoms with Gasteiger partial charge in [-0.15, -0.1) is 0 Å². The van der Waals surface area contributed by atoms with Gasteiger partial charge in [-0.3, -0.25) is 0 Å². The molecule has 2 aromatic carbocycles. The van der Waals surface area contributed by atoms with Crippen LogP contribution in [0.1, 0.15) is 6.92 Å². The number of halogens is 3. The summed E-state index contributed by atoms with van der Waals surface area (Å²) in [5.41, 5.74) is 0. The highest BCUT2D eigenvalue weighted by atomic mass is 35.5. The second-order valence-corrected chi connectivity index (χ2v) is 5.57. The fourth-order valence-electron chi connectivity index (χ4n) is 1.68. The molecule has 1 unspecified atom stereocenters. The quantitative estimate of drug-likeness (QED) is 0.548. The molecule has 1 atom stereocenters. The van der Waals surface area contributed by atoms with Crippen LogP contribution in [0.25, 0.3) is 0 Å². The molecule has 0 saturated carbocycles. The summed E-state index contributed by atoms with van der Waals surface area (Å²) in [7, 11) is 0. The molecular formula is C16H13Cl3O3. The van der Waals surface area contributed by atoms with Crippen LogP contribution in [0.5, 0.6) is 17.2 Å². The lowest BCUT2D eigenvalue weighted by Gasteiger charge is -2.19. The number of allylic oxidation sites excluding steroid dienone is 1. The highest BCUT2D eigenvalue weighted by molar-refractivity contribution is 6.37. The second kappa shape index (κ2) is 7.63. The predicted molar refractivity (Wildman–Crippen MR) is 89.4 cm³/mol. The highest BCUT2D eigenvalue weighted by Crippen LogP contribution is 2.37. The molecule has 0 spiro atoms. The lowest BCUT2D eigenvalue weighted by molar-refractivity contribution is 0.0472. The van der Waals surface area contributed by atoms with Crippen molar-refractivity contribution in [1.82, 2.24) is 0 Å². The molecule has 0 saturated heterocycles. The van der Waals surface area contributed by atoms with Crippen molar-refractivity contribution in [2.75, 3.05) is 0 Å². The number of ether oxygens (including phenoxy) is 2. The summed E-state index contributed by atoms with van der Waals surface area (Å²) in [5, 5.41) is 10.4. The van der Waals surface area contributed by atoms with Crippen molar-refractivity contribution in [2.45, 2.75) is 13.2 Å². The van der Waals surface area contributed by atoms with E-state index in [1.807, 2.05) is 6.92 Å². The molecule has 6 heteroatoms. The van der Waals surface area contributed by atoms with Gasteiger partial charge in [0.2, 0.25) is 0 Å². The van der Waals surface area contributed by atoms with Gasteiger partial charge in [0.1, 0.15) is 11.5 Å². The van der Waals surface area contributed by atoms with Crippen LogP contribution in [0.4, 0.5) is 0 Å². The normalized spacial score (nSPS) is 12.4. The lowest BCUT2D eigenvalue weighted by Crippen LogP contribution is -2.21. The Labute approximate surface area is 143 Å². The van der Waals surface area contributed by atoms with E-state index in [2.05, 4.69) is 0 Å². The number of phenolic OH excluding ortho intramolecular Hbond substituents is 1. The number of hydrogen-bond donors (Lipinski definition) is 1. The van der Waals surface area contributed by atoms with Crippen molar-refractivity contribution in [3.8, 4) is 17.2 Å². The minimum absolute atomic E-state index is 0.0384. The van der Waals surface area contributed by atoms with Crippen LogP contribution in [0.2, 0.25) is 15.1 Å². The Morgan fingerprint density at radius 3 is 2.14 bits per heavy atom. The average molecular weight is 360 g/mol. The van der Waals surface area contributed by atoms with Crippen LogP contribution in [0, 0.1) is 0 Å². The maximum absolute atomic E-state index is 9.43. The van der Waals surface area contributed by atoms with Crippen molar-refractivity contribution in [1.29, 1.82) is 0 Å². The number of rotatable bonds is 5. The first-order valence-electron chi connectivity index (χ1n) is 6.39. The lowest BCUT2D eigenvalue weighted by atomic mass is 10.3. The molecule has 0 heterocycles. The Bertz CT molecular complexity index is 646. The van der Waals surface area contributed by atoms with E-state index < -0.39 is 6.29 Å². The third kappa shape index (κ3) is 4.47. The monoisotopic (exact) mass is 358 g/mol. The van der Waals surface area contributed by atoms with Crippen LogP contribution in [-0.2, 0) is 0 Å². The number of phenols is 1. The minimum Gasteiger partial charge on any atom is -0.508 e. The Balaban J connectivity index is 2.20. The molecule has 0 fully saturated rings. The van der Waals surface area contributed by atoms with Gasteiger partial charge in [-0.2, -0.15) is 0 Å². The molecule has 2 aromatic rings. The average Bonchev–Trinajstić information content (AvgIpc) is 2.45. The standard InChI is InChI=1S/C16H13Cl3O3/c1-2-3-15(21-12-6-4-10(17)5-7-12)22-16-13(18)8-11(20)9-14(16)19/h2-9,15,20H,1H3/b3-2+. The van der Waals surface area contributed by atoms with E-state index in [1.54, 1.807) is 36.4 Å². The molecular weight excluding hydrogens is 347 g/mol. The van der Waals surface area contributed by atoms with Crippen molar-refractivity contribution < 1.29 is 14.6 Å². The van der Waals surface area contributed by atoms with E-state index >= 15 is 0 Å². The SMILES string of the molecule is C/C=C/C(Oc1ccc(Cl)cc1)Oc1c(Cl)cc(O)cc1Cl. The van der Waals surface area contributed by atoms with E-state index in [0.29, 0.717) is 10.8 Å². The van der Waals surface area contributed by atoms with Gasteiger partial charge in [-0.1, -0.05) is 40.9 Å². The van der Waals surface area contributed by atoms with Gasteiger partial charge < -0.3 is 14.6 Å². The molecule has 0 aliphatic heterocycles. The van der Waals surface area contributed by atoms with Crippen LogP contribution in [-0.4, -0.2) is 11.4 Å². The highest BCUT2D eigenvalue weighted by Gasteiger charge is 2.15. The molecule has 1 N–H and O–H groups in total. The Hall–Kier alpha value is -1.55. The van der Waals surface area contributed by atoms with E-state index in [0.717, 1.165) is 0 Å². The molecule has 0 bridgehead atoms. The molecule has 22 heavy (non-hydrogen) atoms. The molecule has 0 aliphatic rings. The maximum atomic E-state index is 9.43. The predicted octanol–water partition coefficient (Wildman–Crippen LogP) is 5.71. The van der Waals surface area contributed by atoms with Crippen LogP contribution >= 0.6 is 34.8 Å². The van der Waals surface area contributed by atoms with Crippen molar-refractivity contribution in [3.63, 3.8) is 0 Å². The Kier molecular flexibility index (Phi) is 5.83. The molecule has 116 valence electrons. The molecule has 2 rings (SSSR count). The number of aromatic hydroxyl groups is 1. The summed E-state index contributed by atoms with van der Waals surface area (Å²) in [6, 6.07) is 9.56. The molecule has 0 amide bonds. The second-order valence-electron chi connectivity index (χ2n) is 4.32. The van der Waals surface area contributed by atoms with Crippen LogP contribution in [0.3, 0.4) is 0 Å². The van der Waals surface area contributed by atoms with Crippen molar-refractivity contribution in [2.24, 2.45) is 0 Å². The van der Waals surface area contributed by atoms with Crippen molar-refractivity contribution >= 4 is 34.8 Å². The molecule has 0 aliphatic carbocycles. The minimum atomic E-state index is -0.731. The van der Waals surface area contributed by atoms with Gasteiger partial charge in [0.15, 0.2) is 5.75 Å². The van der Waals surface area contributed by atoms with E-state index in [-0.39, 0.29) is 21.5 Å². The van der Waals surface area contributed by atoms with E-state index in [9.17, 15) is 5.11 Å². The number of benzene rings is 2. The zero-order valence-electron chi connectivity index (χ0n) is 11.6. The fraction of sp³-hybridized carbons (Fsp3) is 0.125. The van der Waals surface area contributed by atoms with Gasteiger partial charge in [0, 0.05) is 17.2 Å². The van der Waals surface area contributed by atoms with E-state index in [1.165, 1.54) is 12.1 Å². The summed E-state index contributed by atoms with van der Waals surface area (Å²) >= 11 is 17.9. The van der Waals surface area contributed by atoms with Crippen LogP contribution in [0.15, 0.2) is 48.6 Å². The smallest absolute Gasteiger partial charge is 0.260 e. The van der Waals surface area contributed by atoms with E-state index in [4.69, 9.17) is 44.3 Å². The molecule has 0 radical (unpaired) electrons. The zero-order chi connectivity index (χ0) is 16.1. The Morgan fingerprint density at radius 2 is 1.59 bits per heavy atom. The van der Waals surface area contributed by atoms with Gasteiger partial charge in [0.05, 0.1) is 10.0 Å². The summed E-state index contributed by atoms with van der Waals surface area (Å²) in [6.07, 6.45) is 2.75. The summed E-state index contributed by atoms with van der Waals surface area (Å²) in [6.45, 7) is 1.83. The third-order valence-corrected chi connectivity index (χ3v) is 3.45. The third-order valence-electron chi connectivity index (χ3n) is 2.63. The largest absolute Gasteiger partial charge is 0.508 e. The first kappa shape index (κ1) is 16.8. The van der Waals surface area contributed by atoms with Crippen LogP contribution < -0.4 is 9.47 Å². The number of hydrogen-bond acceptors (Lipinski definition) is 3. The van der Waals surface area contributed by atoms with Gasteiger partial charge in [-0.25, -0.2) is 0 Å². The summed E-state index contributed by atoms with van der Waals surface area (Å²) in [5.74, 6) is 0.778. The topological polar surface area (TPSA) is 38.7 Å². The first-order chi connectivity index (χ1) is 10.5. The van der Waals surface area contributed by atoms with Gasteiger partial charge in [0.25, 0.3) is 6.29 Å². The zero-order valence-corrected chi connectivity index (χ0v) is 13.9. The molecule has 0 aromatic heterocycles. The maximum Gasteiger partial charge on any atom is 0.260 e. The first-order valence-corrected chi connectivity index (χ1v) is 7.52. The summed E-state index contributed by atoms with van der Waals surface area (Å²) in [4.78, 5) is 0. The van der Waals surface area contributed by atoms with Crippen molar-refractivity contribution in [3.05, 3.63) is 63.6 Å². The van der Waals surface area contributed by atoms with Gasteiger partial charge in [-0.05, 0) is 37.3 Å².